The lowest BCUT2D eigenvalue weighted by Gasteiger charge is -2.04. The van der Waals surface area contributed by atoms with Crippen LogP contribution in [-0.4, -0.2) is 6.61 Å². The fourth-order valence-electron chi connectivity index (χ4n) is 2.25. The van der Waals surface area contributed by atoms with Gasteiger partial charge in [-0.2, -0.15) is 0 Å². The zero-order valence-electron chi connectivity index (χ0n) is 14.1. The van der Waals surface area contributed by atoms with Crippen LogP contribution >= 0.6 is 0 Å². The Kier molecular flexibility index (Phi) is 7.11. The minimum atomic E-state index is -0.350. The molecule has 2 aromatic carbocycles. The number of hydrogen-bond acceptors (Lipinski definition) is 1. The highest BCUT2D eigenvalue weighted by atomic mass is 19.1. The van der Waals surface area contributed by atoms with E-state index in [1.807, 2.05) is 25.1 Å². The van der Waals surface area contributed by atoms with Crippen molar-refractivity contribution in [3.8, 4) is 17.6 Å². The Balaban J connectivity index is 2.02. The molecule has 0 saturated heterocycles. The van der Waals surface area contributed by atoms with Crippen molar-refractivity contribution < 1.29 is 9.13 Å². The summed E-state index contributed by atoms with van der Waals surface area (Å²) >= 11 is 0. The van der Waals surface area contributed by atoms with Crippen LogP contribution in [0.4, 0.5) is 4.39 Å². The van der Waals surface area contributed by atoms with Gasteiger partial charge in [0, 0.05) is 11.6 Å². The van der Waals surface area contributed by atoms with Gasteiger partial charge in [0.05, 0.1) is 12.2 Å². The van der Waals surface area contributed by atoms with Crippen LogP contribution in [0.3, 0.4) is 0 Å². The van der Waals surface area contributed by atoms with Gasteiger partial charge < -0.3 is 4.74 Å². The minimum Gasteiger partial charge on any atom is -0.494 e. The van der Waals surface area contributed by atoms with Gasteiger partial charge in [0.15, 0.2) is 0 Å². The molecule has 0 saturated carbocycles. The van der Waals surface area contributed by atoms with E-state index in [1.54, 1.807) is 12.1 Å². The number of halogens is 1. The Bertz CT molecular complexity index is 720. The summed E-state index contributed by atoms with van der Waals surface area (Å²) in [6.07, 6.45) is 6.00. The Morgan fingerprint density at radius 2 is 1.92 bits per heavy atom. The third-order valence-electron chi connectivity index (χ3n) is 3.58. The number of rotatable bonds is 7. The molecule has 0 heterocycles. The molecule has 0 aliphatic rings. The van der Waals surface area contributed by atoms with E-state index in [0.717, 1.165) is 31.2 Å². The maximum atomic E-state index is 14.0. The first-order chi connectivity index (χ1) is 11.7. The Morgan fingerprint density at radius 1 is 1.12 bits per heavy atom. The number of hydrogen-bond donors (Lipinski definition) is 0. The summed E-state index contributed by atoms with van der Waals surface area (Å²) in [5.74, 6) is 6.10. The van der Waals surface area contributed by atoms with Crippen molar-refractivity contribution >= 4 is 0 Å². The molecule has 0 unspecified atom stereocenters. The molecule has 0 N–H and O–H groups in total. The third kappa shape index (κ3) is 5.59. The van der Waals surface area contributed by atoms with Gasteiger partial charge in [-0.3, -0.25) is 0 Å². The van der Waals surface area contributed by atoms with Crippen LogP contribution < -0.4 is 4.74 Å². The molecule has 0 aliphatic carbocycles. The molecule has 0 fully saturated rings. The molecule has 0 radical (unpaired) electrons. The molecule has 2 aromatic rings. The van der Waals surface area contributed by atoms with E-state index in [4.69, 9.17) is 4.74 Å². The fourth-order valence-corrected chi connectivity index (χ4v) is 2.25. The van der Waals surface area contributed by atoms with Crippen molar-refractivity contribution in [2.45, 2.75) is 32.6 Å². The van der Waals surface area contributed by atoms with E-state index >= 15 is 0 Å². The summed E-state index contributed by atoms with van der Waals surface area (Å²) in [6, 6.07) is 12.9. The van der Waals surface area contributed by atoms with Gasteiger partial charge >= 0.3 is 0 Å². The first-order valence-electron chi connectivity index (χ1n) is 8.37. The lowest BCUT2D eigenvalue weighted by molar-refractivity contribution is 0.315. The molecule has 1 nitrogen and oxygen atoms in total. The van der Waals surface area contributed by atoms with Crippen LogP contribution in [0.25, 0.3) is 0 Å². The predicted molar refractivity (Wildman–Crippen MR) is 97.7 cm³/mol. The number of allylic oxidation sites excluding steroid dienone is 1. The van der Waals surface area contributed by atoms with E-state index in [-0.39, 0.29) is 5.82 Å². The van der Waals surface area contributed by atoms with Gasteiger partial charge in [-0.1, -0.05) is 37.0 Å². The highest BCUT2D eigenvalue weighted by Gasteiger charge is 2.02. The maximum absolute atomic E-state index is 14.0. The Morgan fingerprint density at radius 3 is 2.58 bits per heavy atom. The average molecular weight is 322 g/mol. The highest BCUT2D eigenvalue weighted by molar-refractivity contribution is 5.45. The van der Waals surface area contributed by atoms with Crippen LogP contribution in [0.2, 0.25) is 0 Å². The topological polar surface area (TPSA) is 9.23 Å². The first-order valence-corrected chi connectivity index (χ1v) is 8.37. The molecule has 0 aromatic heterocycles. The van der Waals surface area contributed by atoms with Crippen LogP contribution in [0.15, 0.2) is 55.1 Å². The van der Waals surface area contributed by atoms with Crippen LogP contribution in [0, 0.1) is 17.7 Å². The van der Waals surface area contributed by atoms with Gasteiger partial charge in [0.1, 0.15) is 11.6 Å². The van der Waals surface area contributed by atoms with Crippen molar-refractivity contribution in [2.75, 3.05) is 6.61 Å². The van der Waals surface area contributed by atoms with Gasteiger partial charge in [0.2, 0.25) is 0 Å². The lowest BCUT2D eigenvalue weighted by Crippen LogP contribution is -1.96. The summed E-state index contributed by atoms with van der Waals surface area (Å²) < 4.78 is 19.4. The molecular weight excluding hydrogens is 299 g/mol. The smallest absolute Gasteiger partial charge is 0.142 e. The summed E-state index contributed by atoms with van der Waals surface area (Å²) in [5, 5.41) is 0. The third-order valence-corrected chi connectivity index (χ3v) is 3.58. The average Bonchev–Trinajstić information content (AvgIpc) is 2.60. The zero-order chi connectivity index (χ0) is 17.2. The molecule has 0 atom stereocenters. The molecule has 124 valence electrons. The molecular formula is C22H23FO. The van der Waals surface area contributed by atoms with E-state index in [9.17, 15) is 4.39 Å². The molecule has 0 spiro atoms. The van der Waals surface area contributed by atoms with E-state index in [0.29, 0.717) is 17.9 Å². The second-order valence-electron chi connectivity index (χ2n) is 5.62. The summed E-state index contributed by atoms with van der Waals surface area (Å²) in [7, 11) is 0. The number of aryl methyl sites for hydroxylation is 1. The Labute approximate surface area is 144 Å². The van der Waals surface area contributed by atoms with Crippen LogP contribution in [0.1, 0.15) is 42.9 Å². The molecule has 0 aliphatic heterocycles. The lowest BCUT2D eigenvalue weighted by atomic mass is 10.1. The van der Waals surface area contributed by atoms with Crippen molar-refractivity contribution in [2.24, 2.45) is 0 Å². The summed E-state index contributed by atoms with van der Waals surface area (Å²) in [4.78, 5) is 0. The monoisotopic (exact) mass is 322 g/mol. The molecule has 24 heavy (non-hydrogen) atoms. The standard InChI is InChI=1S/C22H23FO/c1-3-5-6-7-18-8-10-19(11-9-18)12-13-20-14-15-21(17-22(20)23)24-16-4-2/h3,8-11,14-15,17H,1,4-7,16H2,2H3. The second-order valence-corrected chi connectivity index (χ2v) is 5.62. The Hall–Kier alpha value is -2.53. The number of unbranched alkanes of at least 4 members (excludes halogenated alkanes) is 1. The number of ether oxygens (including phenoxy) is 1. The summed E-state index contributed by atoms with van der Waals surface area (Å²) in [5.41, 5.74) is 2.55. The normalized spacial score (nSPS) is 9.92. The van der Waals surface area contributed by atoms with Crippen molar-refractivity contribution in [3.63, 3.8) is 0 Å². The van der Waals surface area contributed by atoms with Crippen molar-refractivity contribution in [3.05, 3.63) is 77.6 Å². The van der Waals surface area contributed by atoms with Gasteiger partial charge in [-0.25, -0.2) is 4.39 Å². The van der Waals surface area contributed by atoms with Crippen LogP contribution in [0.5, 0.6) is 5.75 Å². The van der Waals surface area contributed by atoms with Crippen molar-refractivity contribution in [1.82, 2.24) is 0 Å². The number of benzene rings is 2. The zero-order valence-corrected chi connectivity index (χ0v) is 14.1. The minimum absolute atomic E-state index is 0.350. The SMILES string of the molecule is C=CCCCc1ccc(C#Cc2ccc(OCCC)cc2F)cc1. The molecule has 2 heteroatoms. The summed E-state index contributed by atoms with van der Waals surface area (Å²) in [6.45, 7) is 6.33. The van der Waals surface area contributed by atoms with Gasteiger partial charge in [0.25, 0.3) is 0 Å². The second kappa shape index (κ2) is 9.57. The molecule has 0 amide bonds. The predicted octanol–water partition coefficient (Wildman–Crippen LogP) is 5.52. The molecule has 0 bridgehead atoms. The maximum Gasteiger partial charge on any atom is 0.142 e. The quantitative estimate of drug-likeness (QED) is 0.370. The van der Waals surface area contributed by atoms with Crippen LogP contribution in [-0.2, 0) is 6.42 Å². The van der Waals surface area contributed by atoms with Gasteiger partial charge in [-0.05, 0) is 55.5 Å². The first kappa shape index (κ1) is 17.8. The largest absolute Gasteiger partial charge is 0.494 e. The molecule has 2 rings (SSSR count). The van der Waals surface area contributed by atoms with Gasteiger partial charge in [-0.15, -0.1) is 6.58 Å². The van der Waals surface area contributed by atoms with E-state index in [1.165, 1.54) is 11.6 Å². The van der Waals surface area contributed by atoms with E-state index < -0.39 is 0 Å². The van der Waals surface area contributed by atoms with Crippen molar-refractivity contribution in [1.29, 1.82) is 0 Å². The fraction of sp³-hybridized carbons (Fsp3) is 0.273. The van der Waals surface area contributed by atoms with E-state index in [2.05, 4.69) is 30.6 Å². The highest BCUT2D eigenvalue weighted by Crippen LogP contribution is 2.16.